The number of hydrogen-bond donors (Lipinski definition) is 2. The van der Waals surface area contributed by atoms with E-state index in [1.54, 1.807) is 18.2 Å². The van der Waals surface area contributed by atoms with E-state index in [1.807, 2.05) is 13.8 Å². The molecule has 0 radical (unpaired) electrons. The molecule has 2 rings (SSSR count). The monoisotopic (exact) mass is 422 g/mol. The Balaban J connectivity index is 2.15. The third kappa shape index (κ3) is 5.68. The van der Waals surface area contributed by atoms with E-state index in [2.05, 4.69) is 10.6 Å². The van der Waals surface area contributed by atoms with Gasteiger partial charge >= 0.3 is 11.8 Å². The lowest BCUT2D eigenvalue weighted by molar-refractivity contribution is -0.133. The topological polar surface area (TPSA) is 95.1 Å². The Labute approximate surface area is 174 Å². The Morgan fingerprint density at radius 1 is 0.828 bits per heavy atom. The number of nitrogens with one attached hydrogen (secondary N) is 2. The van der Waals surface area contributed by atoms with E-state index < -0.39 is 11.8 Å². The number of carbonyl (C=O) groups excluding carboxylic acids is 2. The van der Waals surface area contributed by atoms with Gasteiger partial charge in [-0.1, -0.05) is 11.6 Å². The van der Waals surface area contributed by atoms with Gasteiger partial charge in [-0.15, -0.1) is 0 Å². The average Bonchev–Trinajstić information content (AvgIpc) is 2.71. The highest BCUT2D eigenvalue weighted by atomic mass is 35.5. The van der Waals surface area contributed by atoms with Crippen LogP contribution in [0.5, 0.6) is 23.0 Å². The third-order valence-electron chi connectivity index (χ3n) is 3.73. The second-order valence-electron chi connectivity index (χ2n) is 5.62. The Morgan fingerprint density at radius 2 is 1.45 bits per heavy atom. The molecule has 2 N–H and O–H groups in total. The molecular formula is C20H23ClN2O6. The van der Waals surface area contributed by atoms with Crippen molar-refractivity contribution in [2.75, 3.05) is 38.1 Å². The molecule has 0 fully saturated rings. The first-order valence-corrected chi connectivity index (χ1v) is 9.24. The largest absolute Gasteiger partial charge is 0.495 e. The minimum atomic E-state index is -0.889. The molecule has 2 aromatic carbocycles. The zero-order chi connectivity index (χ0) is 21.4. The van der Waals surface area contributed by atoms with E-state index in [-0.39, 0.29) is 11.4 Å². The van der Waals surface area contributed by atoms with E-state index in [4.69, 9.17) is 30.5 Å². The first kappa shape index (κ1) is 22.2. The molecule has 2 amide bonds. The quantitative estimate of drug-likeness (QED) is 0.629. The van der Waals surface area contributed by atoms with Crippen LogP contribution in [-0.4, -0.2) is 39.2 Å². The van der Waals surface area contributed by atoms with Crippen LogP contribution in [0.3, 0.4) is 0 Å². The van der Waals surface area contributed by atoms with E-state index in [0.717, 1.165) is 0 Å². The maximum Gasteiger partial charge on any atom is 0.314 e. The summed E-state index contributed by atoms with van der Waals surface area (Å²) in [4.78, 5) is 24.7. The fraction of sp³-hybridized carbons (Fsp3) is 0.300. The molecule has 0 aromatic heterocycles. The summed E-state index contributed by atoms with van der Waals surface area (Å²) < 4.78 is 21.3. The van der Waals surface area contributed by atoms with Crippen LogP contribution in [0.4, 0.5) is 11.4 Å². The second kappa shape index (κ2) is 10.4. The van der Waals surface area contributed by atoms with Crippen LogP contribution >= 0.6 is 11.6 Å². The molecular weight excluding hydrogens is 400 g/mol. The van der Waals surface area contributed by atoms with Crippen molar-refractivity contribution in [2.45, 2.75) is 13.8 Å². The fourth-order valence-corrected chi connectivity index (χ4v) is 2.68. The Bertz CT molecular complexity index is 888. The van der Waals surface area contributed by atoms with Crippen LogP contribution in [0, 0.1) is 0 Å². The SMILES string of the molecule is CCOc1ccc(NC(=O)C(=O)Nc2cc(OC)c(Cl)cc2OC)cc1OCC. The number of ether oxygens (including phenoxy) is 4. The van der Waals surface area contributed by atoms with Gasteiger partial charge in [0.05, 0.1) is 38.1 Å². The van der Waals surface area contributed by atoms with Crippen molar-refractivity contribution in [3.05, 3.63) is 35.4 Å². The molecule has 29 heavy (non-hydrogen) atoms. The summed E-state index contributed by atoms with van der Waals surface area (Å²) in [6, 6.07) is 7.82. The lowest BCUT2D eigenvalue weighted by Gasteiger charge is -2.14. The van der Waals surface area contributed by atoms with Crippen molar-refractivity contribution in [1.29, 1.82) is 0 Å². The first-order valence-electron chi connectivity index (χ1n) is 8.86. The standard InChI is InChI=1S/C20H23ClN2O6/c1-5-28-15-8-7-12(9-18(15)29-6-2)22-19(24)20(25)23-14-11-16(26-3)13(21)10-17(14)27-4/h7-11H,5-6H2,1-4H3,(H,22,24)(H,23,25). The Kier molecular flexibility index (Phi) is 7.97. The smallest absolute Gasteiger partial charge is 0.314 e. The van der Waals surface area contributed by atoms with Gasteiger partial charge in [0, 0.05) is 23.9 Å². The molecule has 0 bridgehead atoms. The van der Waals surface area contributed by atoms with Crippen LogP contribution in [0.25, 0.3) is 0 Å². The molecule has 0 unspecified atom stereocenters. The van der Waals surface area contributed by atoms with Gasteiger partial charge < -0.3 is 29.6 Å². The van der Waals surface area contributed by atoms with Gasteiger partial charge in [-0.2, -0.15) is 0 Å². The normalized spacial score (nSPS) is 10.1. The fourth-order valence-electron chi connectivity index (χ4n) is 2.45. The summed E-state index contributed by atoms with van der Waals surface area (Å²) >= 11 is 6.04. The third-order valence-corrected chi connectivity index (χ3v) is 4.02. The van der Waals surface area contributed by atoms with Gasteiger partial charge in [-0.3, -0.25) is 9.59 Å². The van der Waals surface area contributed by atoms with Crippen molar-refractivity contribution < 1.29 is 28.5 Å². The van der Waals surface area contributed by atoms with E-state index >= 15 is 0 Å². The predicted octanol–water partition coefficient (Wildman–Crippen LogP) is 3.73. The molecule has 0 aliphatic carbocycles. The van der Waals surface area contributed by atoms with Crippen LogP contribution in [0.15, 0.2) is 30.3 Å². The maximum atomic E-state index is 12.3. The Hall–Kier alpha value is -3.13. The maximum absolute atomic E-state index is 12.3. The van der Waals surface area contributed by atoms with E-state index in [1.165, 1.54) is 26.4 Å². The Morgan fingerprint density at radius 3 is 2.07 bits per heavy atom. The van der Waals surface area contributed by atoms with Gasteiger partial charge in [-0.25, -0.2) is 0 Å². The van der Waals surface area contributed by atoms with Crippen LogP contribution in [0.2, 0.25) is 5.02 Å². The molecule has 8 nitrogen and oxygen atoms in total. The van der Waals surface area contributed by atoms with Crippen molar-refractivity contribution >= 4 is 34.8 Å². The summed E-state index contributed by atoms with van der Waals surface area (Å²) in [5.41, 5.74) is 0.633. The highest BCUT2D eigenvalue weighted by molar-refractivity contribution is 6.44. The van der Waals surface area contributed by atoms with Gasteiger partial charge in [0.15, 0.2) is 11.5 Å². The number of hydrogen-bond acceptors (Lipinski definition) is 6. The van der Waals surface area contributed by atoms with Crippen molar-refractivity contribution in [3.8, 4) is 23.0 Å². The summed E-state index contributed by atoms with van der Waals surface area (Å²) in [7, 11) is 2.86. The molecule has 2 aromatic rings. The van der Waals surface area contributed by atoms with Crippen LogP contribution in [-0.2, 0) is 9.59 Å². The van der Waals surface area contributed by atoms with Gasteiger partial charge in [0.1, 0.15) is 11.5 Å². The van der Waals surface area contributed by atoms with Crippen molar-refractivity contribution in [3.63, 3.8) is 0 Å². The summed E-state index contributed by atoms with van der Waals surface area (Å²) in [6.07, 6.45) is 0. The lowest BCUT2D eigenvalue weighted by Crippen LogP contribution is -2.29. The molecule has 0 aliphatic rings. The molecule has 0 aliphatic heterocycles. The van der Waals surface area contributed by atoms with Crippen LogP contribution < -0.4 is 29.6 Å². The molecule has 0 saturated carbocycles. The number of benzene rings is 2. The predicted molar refractivity (Wildman–Crippen MR) is 111 cm³/mol. The number of anilines is 2. The molecule has 0 atom stereocenters. The van der Waals surface area contributed by atoms with Crippen molar-refractivity contribution in [1.82, 2.24) is 0 Å². The molecule has 156 valence electrons. The first-order chi connectivity index (χ1) is 13.9. The van der Waals surface area contributed by atoms with Crippen LogP contribution in [0.1, 0.15) is 13.8 Å². The zero-order valence-corrected chi connectivity index (χ0v) is 17.4. The molecule has 0 spiro atoms. The van der Waals surface area contributed by atoms with E-state index in [0.29, 0.717) is 41.2 Å². The number of amides is 2. The lowest BCUT2D eigenvalue weighted by atomic mass is 10.2. The number of rotatable bonds is 8. The average molecular weight is 423 g/mol. The minimum absolute atomic E-state index is 0.246. The highest BCUT2D eigenvalue weighted by Crippen LogP contribution is 2.36. The van der Waals surface area contributed by atoms with Gasteiger partial charge in [0.25, 0.3) is 0 Å². The zero-order valence-electron chi connectivity index (χ0n) is 16.6. The molecule has 0 saturated heterocycles. The minimum Gasteiger partial charge on any atom is -0.495 e. The van der Waals surface area contributed by atoms with Gasteiger partial charge in [0.2, 0.25) is 0 Å². The highest BCUT2D eigenvalue weighted by Gasteiger charge is 2.19. The van der Waals surface area contributed by atoms with Crippen molar-refractivity contribution in [2.24, 2.45) is 0 Å². The summed E-state index contributed by atoms with van der Waals surface area (Å²) in [5, 5.41) is 5.32. The number of halogens is 1. The number of methoxy groups -OCH3 is 2. The number of carbonyl (C=O) groups is 2. The molecule has 0 heterocycles. The summed E-state index contributed by atoms with van der Waals surface area (Å²) in [5.74, 6) is -0.119. The summed E-state index contributed by atoms with van der Waals surface area (Å²) in [6.45, 7) is 4.59. The second-order valence-corrected chi connectivity index (χ2v) is 6.03. The van der Waals surface area contributed by atoms with E-state index in [9.17, 15) is 9.59 Å². The molecule has 9 heteroatoms. The van der Waals surface area contributed by atoms with Gasteiger partial charge in [-0.05, 0) is 26.0 Å².